The molecule has 0 N–H and O–H groups in total. The first-order valence-electron chi connectivity index (χ1n) is 10.2. The molecule has 0 amide bonds. The van der Waals surface area contributed by atoms with E-state index in [0.29, 0.717) is 28.9 Å². The average Bonchev–Trinajstić information content (AvgIpc) is 2.98. The summed E-state index contributed by atoms with van der Waals surface area (Å²) in [7, 11) is -1.50. The summed E-state index contributed by atoms with van der Waals surface area (Å²) < 4.78 is 12.1. The number of hydrogen-bond donors (Lipinski definition) is 0. The van der Waals surface area contributed by atoms with Crippen LogP contribution in [0.25, 0.3) is 0 Å². The van der Waals surface area contributed by atoms with Crippen LogP contribution in [-0.2, 0) is 14.0 Å². The number of rotatable bonds is 5. The molecule has 1 heterocycles. The second kappa shape index (κ2) is 6.84. The fourth-order valence-electron chi connectivity index (χ4n) is 6.03. The molecule has 6 atom stereocenters. The van der Waals surface area contributed by atoms with E-state index >= 15 is 0 Å². The zero-order valence-electron chi connectivity index (χ0n) is 16.8. The standard InChI is InChI=1S/C21H36O3Si/c1-14(12-16-13-15(2)20(22)23-16)17-9-10-18-19(24-25(4,5)6)8-7-11-21(17,18)3/h14,16-19H,2,7-13H2,1,3-6H3/t14-,16+,17-,18?,19?,21+/m1/s1. The molecule has 2 aliphatic carbocycles. The predicted molar refractivity (Wildman–Crippen MR) is 104 cm³/mol. The maximum Gasteiger partial charge on any atom is 0.333 e. The first kappa shape index (κ1) is 19.2. The van der Waals surface area contributed by atoms with Crippen molar-refractivity contribution in [1.29, 1.82) is 0 Å². The molecular formula is C21H36O3Si. The van der Waals surface area contributed by atoms with Gasteiger partial charge in [0.25, 0.3) is 0 Å². The first-order valence-corrected chi connectivity index (χ1v) is 13.6. The second-order valence-corrected chi connectivity index (χ2v) is 14.5. The lowest BCUT2D eigenvalue weighted by molar-refractivity contribution is -0.139. The molecule has 1 saturated heterocycles. The number of carbonyl (C=O) groups is 1. The van der Waals surface area contributed by atoms with Crippen LogP contribution >= 0.6 is 0 Å². The zero-order valence-corrected chi connectivity index (χ0v) is 17.8. The summed E-state index contributed by atoms with van der Waals surface area (Å²) in [5.41, 5.74) is 1.04. The predicted octanol–water partition coefficient (Wildman–Crippen LogP) is 5.32. The Balaban J connectivity index is 1.67. The third-order valence-corrected chi connectivity index (χ3v) is 8.01. The van der Waals surface area contributed by atoms with Crippen molar-refractivity contribution in [3.8, 4) is 0 Å². The highest BCUT2D eigenvalue weighted by atomic mass is 28.4. The van der Waals surface area contributed by atoms with Crippen molar-refractivity contribution in [2.75, 3.05) is 0 Å². The molecule has 0 aromatic heterocycles. The zero-order chi connectivity index (χ0) is 18.4. The van der Waals surface area contributed by atoms with E-state index in [1.165, 1.54) is 32.1 Å². The quantitative estimate of drug-likeness (QED) is 0.376. The minimum absolute atomic E-state index is 0.0512. The van der Waals surface area contributed by atoms with Crippen LogP contribution in [0.4, 0.5) is 0 Å². The summed E-state index contributed by atoms with van der Waals surface area (Å²) >= 11 is 0. The Morgan fingerprint density at radius 3 is 2.64 bits per heavy atom. The monoisotopic (exact) mass is 364 g/mol. The van der Waals surface area contributed by atoms with E-state index in [2.05, 4.69) is 40.1 Å². The Hall–Kier alpha value is -0.613. The van der Waals surface area contributed by atoms with Gasteiger partial charge in [-0.25, -0.2) is 4.79 Å². The Morgan fingerprint density at radius 2 is 2.04 bits per heavy atom. The molecule has 0 aromatic rings. The number of cyclic esters (lactones) is 1. The molecule has 1 aliphatic heterocycles. The van der Waals surface area contributed by atoms with Crippen LogP contribution < -0.4 is 0 Å². The summed E-state index contributed by atoms with van der Waals surface area (Å²) in [6.07, 6.45) is 8.69. The van der Waals surface area contributed by atoms with Crippen molar-refractivity contribution in [2.45, 2.75) is 90.6 Å². The van der Waals surface area contributed by atoms with E-state index in [4.69, 9.17) is 9.16 Å². The number of fused-ring (bicyclic) bond motifs is 1. The van der Waals surface area contributed by atoms with Gasteiger partial charge >= 0.3 is 5.97 Å². The molecule has 2 unspecified atom stereocenters. The highest BCUT2D eigenvalue weighted by Crippen LogP contribution is 2.59. The van der Waals surface area contributed by atoms with Crippen LogP contribution in [0, 0.1) is 23.2 Å². The van der Waals surface area contributed by atoms with Crippen molar-refractivity contribution in [2.24, 2.45) is 23.2 Å². The molecule has 3 nitrogen and oxygen atoms in total. The molecule has 0 spiro atoms. The van der Waals surface area contributed by atoms with Crippen LogP contribution in [-0.4, -0.2) is 26.5 Å². The second-order valence-electron chi connectivity index (χ2n) is 10.0. The number of ether oxygens (including phenoxy) is 1. The minimum atomic E-state index is -1.50. The van der Waals surface area contributed by atoms with Gasteiger partial charge in [0.1, 0.15) is 6.10 Å². The first-order chi connectivity index (χ1) is 11.6. The number of esters is 1. The van der Waals surface area contributed by atoms with Crippen molar-refractivity contribution < 1.29 is 14.0 Å². The van der Waals surface area contributed by atoms with E-state index in [0.717, 1.165) is 18.8 Å². The smallest absolute Gasteiger partial charge is 0.333 e. The van der Waals surface area contributed by atoms with E-state index in [-0.39, 0.29) is 12.1 Å². The summed E-state index contributed by atoms with van der Waals surface area (Å²) in [6, 6.07) is 0. The average molecular weight is 365 g/mol. The van der Waals surface area contributed by atoms with Crippen molar-refractivity contribution in [1.82, 2.24) is 0 Å². The third-order valence-electron chi connectivity index (χ3n) is 7.00. The highest BCUT2D eigenvalue weighted by molar-refractivity contribution is 6.69. The van der Waals surface area contributed by atoms with Crippen LogP contribution in [0.3, 0.4) is 0 Å². The number of carbonyl (C=O) groups excluding carboxylic acids is 1. The number of hydrogen-bond acceptors (Lipinski definition) is 3. The van der Waals surface area contributed by atoms with Gasteiger partial charge in [0, 0.05) is 18.1 Å². The fraction of sp³-hybridized carbons (Fsp3) is 0.857. The van der Waals surface area contributed by atoms with Gasteiger partial charge < -0.3 is 9.16 Å². The van der Waals surface area contributed by atoms with Gasteiger partial charge in [-0.05, 0) is 74.9 Å². The van der Waals surface area contributed by atoms with Gasteiger partial charge in [-0.1, -0.05) is 26.8 Å². The van der Waals surface area contributed by atoms with E-state index in [9.17, 15) is 4.79 Å². The Labute approximate surface area is 154 Å². The molecule has 0 aromatic carbocycles. The molecule has 2 saturated carbocycles. The minimum Gasteiger partial charge on any atom is -0.459 e. The topological polar surface area (TPSA) is 35.5 Å². The molecular weight excluding hydrogens is 328 g/mol. The summed E-state index contributed by atoms with van der Waals surface area (Å²) in [5, 5.41) is 0. The largest absolute Gasteiger partial charge is 0.459 e. The Bertz CT molecular complexity index is 522. The molecule has 3 rings (SSSR count). The van der Waals surface area contributed by atoms with Gasteiger partial charge in [-0.15, -0.1) is 0 Å². The molecule has 0 radical (unpaired) electrons. The molecule has 0 bridgehead atoms. The Morgan fingerprint density at radius 1 is 1.32 bits per heavy atom. The fourth-order valence-corrected chi connectivity index (χ4v) is 7.23. The van der Waals surface area contributed by atoms with Gasteiger partial charge in [0.15, 0.2) is 8.32 Å². The van der Waals surface area contributed by atoms with Gasteiger partial charge in [0.05, 0.1) is 0 Å². The van der Waals surface area contributed by atoms with Gasteiger partial charge in [0.2, 0.25) is 0 Å². The molecule has 3 fully saturated rings. The van der Waals surface area contributed by atoms with E-state index in [1.54, 1.807) is 0 Å². The lowest BCUT2D eigenvalue weighted by Gasteiger charge is -2.48. The van der Waals surface area contributed by atoms with Gasteiger partial charge in [-0.3, -0.25) is 0 Å². The van der Waals surface area contributed by atoms with Crippen LogP contribution in [0.5, 0.6) is 0 Å². The van der Waals surface area contributed by atoms with Crippen molar-refractivity contribution in [3.05, 3.63) is 12.2 Å². The maximum atomic E-state index is 11.6. The van der Waals surface area contributed by atoms with Crippen LogP contribution in [0.15, 0.2) is 12.2 Å². The molecule has 25 heavy (non-hydrogen) atoms. The SMILES string of the molecule is C=C1C[C@H](C[C@@H](C)[C@H]2CCC3C(O[Si](C)(C)C)CCC[C@]32C)OC1=O. The van der Waals surface area contributed by atoms with E-state index in [1.807, 2.05) is 0 Å². The van der Waals surface area contributed by atoms with Gasteiger partial charge in [-0.2, -0.15) is 0 Å². The van der Waals surface area contributed by atoms with E-state index < -0.39 is 8.32 Å². The van der Waals surface area contributed by atoms with Crippen molar-refractivity contribution >= 4 is 14.3 Å². The van der Waals surface area contributed by atoms with Crippen molar-refractivity contribution in [3.63, 3.8) is 0 Å². The summed E-state index contributed by atoms with van der Waals surface area (Å²) in [4.78, 5) is 11.6. The Kier molecular flexibility index (Phi) is 5.24. The molecule has 3 aliphatic rings. The molecule has 142 valence electrons. The normalized spacial score (nSPS) is 40.0. The third kappa shape index (κ3) is 3.90. The lowest BCUT2D eigenvalue weighted by atomic mass is 9.61. The molecule has 4 heteroatoms. The summed E-state index contributed by atoms with van der Waals surface area (Å²) in [6.45, 7) is 15.7. The van der Waals surface area contributed by atoms with Crippen LogP contribution in [0.1, 0.15) is 58.8 Å². The maximum absolute atomic E-state index is 11.6. The lowest BCUT2D eigenvalue weighted by Crippen LogP contribution is -2.46. The van der Waals surface area contributed by atoms with Crippen LogP contribution in [0.2, 0.25) is 19.6 Å². The summed E-state index contributed by atoms with van der Waals surface area (Å²) in [5.74, 6) is 1.83. The highest BCUT2D eigenvalue weighted by Gasteiger charge is 2.53.